The molecule has 1 amide bonds. The molecule has 1 fully saturated rings. The van der Waals surface area contributed by atoms with Crippen molar-refractivity contribution in [2.75, 3.05) is 38.1 Å². The molecule has 1 aliphatic rings. The molecule has 178 valence electrons. The maximum absolute atomic E-state index is 13.2. The smallest absolute Gasteiger partial charge is 0.267 e. The Morgan fingerprint density at radius 2 is 1.88 bits per heavy atom. The van der Waals surface area contributed by atoms with Gasteiger partial charge in [0.25, 0.3) is 5.91 Å². The number of para-hydroxylation sites is 1. The molecular weight excluding hydrogens is 422 g/mol. The summed E-state index contributed by atoms with van der Waals surface area (Å²) in [7, 11) is 2.17. The number of aromatic nitrogens is 2. The molecule has 1 aliphatic heterocycles. The number of piperazine rings is 1. The number of nitrogens with zero attached hydrogens (tertiary/aromatic N) is 2. The lowest BCUT2D eigenvalue weighted by Gasteiger charge is -2.34. The summed E-state index contributed by atoms with van der Waals surface area (Å²) < 4.78 is 0. The van der Waals surface area contributed by atoms with E-state index in [0.29, 0.717) is 5.69 Å². The van der Waals surface area contributed by atoms with Gasteiger partial charge in [-0.25, -0.2) is 0 Å². The number of aromatic amines is 2. The first-order valence-electron chi connectivity index (χ1n) is 12.5. The number of hydrogen-bond donors (Lipinski definition) is 3. The molecule has 1 unspecified atom stereocenters. The SMILES string of the molecule is CCCCC(Cc1c[nH]c2ccccc12)NC(=O)c1cc2ccc(N3CCN(C)CC3)cc2[nH]1. The van der Waals surface area contributed by atoms with Crippen LogP contribution in [0.15, 0.2) is 54.7 Å². The molecule has 4 aromatic rings. The molecule has 0 aliphatic carbocycles. The van der Waals surface area contributed by atoms with Crippen LogP contribution in [0.5, 0.6) is 0 Å². The van der Waals surface area contributed by atoms with Crippen LogP contribution >= 0.6 is 0 Å². The number of amides is 1. The fourth-order valence-electron chi connectivity index (χ4n) is 5.00. The molecule has 1 atom stereocenters. The highest BCUT2D eigenvalue weighted by Gasteiger charge is 2.19. The van der Waals surface area contributed by atoms with Crippen molar-refractivity contribution < 1.29 is 4.79 Å². The first kappa shape index (κ1) is 22.5. The van der Waals surface area contributed by atoms with Crippen LogP contribution in [-0.4, -0.2) is 60.0 Å². The van der Waals surface area contributed by atoms with Crippen LogP contribution in [0.2, 0.25) is 0 Å². The number of anilines is 1. The molecule has 2 aromatic heterocycles. The maximum atomic E-state index is 13.2. The Bertz CT molecular complexity index is 1260. The summed E-state index contributed by atoms with van der Waals surface area (Å²) in [5.74, 6) is -0.0294. The van der Waals surface area contributed by atoms with Gasteiger partial charge in [0, 0.05) is 65.9 Å². The molecule has 6 heteroatoms. The van der Waals surface area contributed by atoms with Gasteiger partial charge in [-0.3, -0.25) is 4.79 Å². The monoisotopic (exact) mass is 457 g/mol. The predicted octanol–water partition coefficient (Wildman–Crippen LogP) is 4.93. The number of likely N-dealkylation sites (N-methyl/N-ethyl adjacent to an activating group) is 1. The first-order valence-corrected chi connectivity index (χ1v) is 12.5. The lowest BCUT2D eigenvalue weighted by atomic mass is 10.0. The number of nitrogens with one attached hydrogen (secondary N) is 3. The van der Waals surface area contributed by atoms with Crippen LogP contribution < -0.4 is 10.2 Å². The first-order chi connectivity index (χ1) is 16.6. The van der Waals surface area contributed by atoms with Gasteiger partial charge in [-0.2, -0.15) is 0 Å². The van der Waals surface area contributed by atoms with Gasteiger partial charge in [0.2, 0.25) is 0 Å². The van der Waals surface area contributed by atoms with Gasteiger partial charge in [0.15, 0.2) is 0 Å². The second-order valence-corrected chi connectivity index (χ2v) is 9.62. The highest BCUT2D eigenvalue weighted by Crippen LogP contribution is 2.24. The minimum Gasteiger partial charge on any atom is -0.369 e. The van der Waals surface area contributed by atoms with Gasteiger partial charge in [-0.15, -0.1) is 0 Å². The third-order valence-corrected chi connectivity index (χ3v) is 7.10. The number of fused-ring (bicyclic) bond motifs is 2. The van der Waals surface area contributed by atoms with Crippen molar-refractivity contribution in [2.24, 2.45) is 0 Å². The quantitative estimate of drug-likeness (QED) is 0.351. The van der Waals surface area contributed by atoms with E-state index in [4.69, 9.17) is 0 Å². The second kappa shape index (κ2) is 9.94. The Labute approximate surface area is 201 Å². The minimum atomic E-state index is -0.0294. The second-order valence-electron chi connectivity index (χ2n) is 9.62. The highest BCUT2D eigenvalue weighted by atomic mass is 16.1. The topological polar surface area (TPSA) is 67.2 Å². The van der Waals surface area contributed by atoms with E-state index in [1.807, 2.05) is 12.1 Å². The van der Waals surface area contributed by atoms with Gasteiger partial charge < -0.3 is 25.1 Å². The Balaban J connectivity index is 1.31. The Morgan fingerprint density at radius 3 is 2.71 bits per heavy atom. The molecular formula is C28H35N5O. The maximum Gasteiger partial charge on any atom is 0.267 e. The summed E-state index contributed by atoms with van der Waals surface area (Å²) in [5.41, 5.74) is 5.26. The van der Waals surface area contributed by atoms with Gasteiger partial charge in [0.05, 0.1) is 0 Å². The highest BCUT2D eigenvalue weighted by molar-refractivity contribution is 5.98. The van der Waals surface area contributed by atoms with Crippen molar-refractivity contribution in [2.45, 2.75) is 38.6 Å². The van der Waals surface area contributed by atoms with Crippen LogP contribution in [0.4, 0.5) is 5.69 Å². The lowest BCUT2D eigenvalue weighted by molar-refractivity contribution is 0.0930. The van der Waals surface area contributed by atoms with E-state index in [9.17, 15) is 4.79 Å². The zero-order valence-electron chi connectivity index (χ0n) is 20.2. The van der Waals surface area contributed by atoms with E-state index >= 15 is 0 Å². The molecule has 0 saturated carbocycles. The number of rotatable bonds is 8. The number of unbranched alkanes of at least 4 members (excludes halogenated alkanes) is 1. The van der Waals surface area contributed by atoms with Gasteiger partial charge in [-0.1, -0.05) is 44.0 Å². The Kier molecular flexibility index (Phi) is 6.59. The Morgan fingerprint density at radius 1 is 1.06 bits per heavy atom. The zero-order chi connectivity index (χ0) is 23.5. The largest absolute Gasteiger partial charge is 0.369 e. The van der Waals surface area contributed by atoms with Crippen LogP contribution in [0, 0.1) is 0 Å². The fourth-order valence-corrected chi connectivity index (χ4v) is 5.00. The van der Waals surface area contributed by atoms with E-state index in [2.05, 4.69) is 81.7 Å². The minimum absolute atomic E-state index is 0.0294. The average molecular weight is 458 g/mol. The summed E-state index contributed by atoms with van der Waals surface area (Å²) in [6.45, 7) is 6.41. The summed E-state index contributed by atoms with van der Waals surface area (Å²) in [5, 5.41) is 5.63. The van der Waals surface area contributed by atoms with E-state index < -0.39 is 0 Å². The summed E-state index contributed by atoms with van der Waals surface area (Å²) in [6.07, 6.45) is 6.08. The van der Waals surface area contributed by atoms with Crippen molar-refractivity contribution in [1.29, 1.82) is 0 Å². The Hall–Kier alpha value is -3.25. The van der Waals surface area contributed by atoms with Crippen LogP contribution in [0.25, 0.3) is 21.8 Å². The number of benzene rings is 2. The fraction of sp³-hybridized carbons (Fsp3) is 0.393. The zero-order valence-corrected chi connectivity index (χ0v) is 20.2. The number of hydrogen-bond acceptors (Lipinski definition) is 3. The molecule has 0 bridgehead atoms. The lowest BCUT2D eigenvalue weighted by Crippen LogP contribution is -2.44. The van der Waals surface area contributed by atoms with Gasteiger partial charge in [-0.05, 0) is 49.7 Å². The molecule has 0 spiro atoms. The number of carbonyl (C=O) groups excluding carboxylic acids is 1. The molecule has 1 saturated heterocycles. The number of carbonyl (C=O) groups is 1. The summed E-state index contributed by atoms with van der Waals surface area (Å²) >= 11 is 0. The molecule has 0 radical (unpaired) electrons. The van der Waals surface area contributed by atoms with E-state index in [1.165, 1.54) is 16.6 Å². The summed E-state index contributed by atoms with van der Waals surface area (Å²) in [6, 6.07) is 16.9. The van der Waals surface area contributed by atoms with Crippen molar-refractivity contribution in [3.8, 4) is 0 Å². The van der Waals surface area contributed by atoms with Crippen LogP contribution in [-0.2, 0) is 6.42 Å². The van der Waals surface area contributed by atoms with Crippen LogP contribution in [0.3, 0.4) is 0 Å². The molecule has 3 heterocycles. The van der Waals surface area contributed by atoms with Crippen LogP contribution in [0.1, 0.15) is 42.2 Å². The molecule has 34 heavy (non-hydrogen) atoms. The summed E-state index contributed by atoms with van der Waals surface area (Å²) in [4.78, 5) is 24.8. The van der Waals surface area contributed by atoms with Crippen molar-refractivity contribution in [3.63, 3.8) is 0 Å². The normalized spacial score (nSPS) is 15.8. The molecule has 5 rings (SSSR count). The standard InChI is InChI=1S/C28H35N5O/c1-3-4-7-22(16-21-19-29-25-9-6-5-8-24(21)25)30-28(34)27-17-20-10-11-23(18-26(20)31-27)33-14-12-32(2)13-15-33/h5-6,8-11,17-19,22,29,31H,3-4,7,12-16H2,1-2H3,(H,30,34). The average Bonchev–Trinajstić information content (AvgIpc) is 3.47. The van der Waals surface area contributed by atoms with E-state index in [0.717, 1.165) is 68.3 Å². The van der Waals surface area contributed by atoms with E-state index in [1.54, 1.807) is 0 Å². The van der Waals surface area contributed by atoms with E-state index in [-0.39, 0.29) is 11.9 Å². The molecule has 2 aromatic carbocycles. The van der Waals surface area contributed by atoms with Crippen molar-refractivity contribution >= 4 is 33.4 Å². The predicted molar refractivity (Wildman–Crippen MR) is 141 cm³/mol. The van der Waals surface area contributed by atoms with Crippen molar-refractivity contribution in [3.05, 3.63) is 66.0 Å². The van der Waals surface area contributed by atoms with Gasteiger partial charge in [0.1, 0.15) is 5.69 Å². The van der Waals surface area contributed by atoms with Crippen molar-refractivity contribution in [1.82, 2.24) is 20.2 Å². The molecule has 6 nitrogen and oxygen atoms in total. The van der Waals surface area contributed by atoms with Gasteiger partial charge >= 0.3 is 0 Å². The molecule has 3 N–H and O–H groups in total. The third kappa shape index (κ3) is 4.82. The number of H-pyrrole nitrogens is 2. The third-order valence-electron chi connectivity index (χ3n) is 7.10.